The fraction of sp³-hybridized carbons (Fsp3) is 0.467. The van der Waals surface area contributed by atoms with E-state index < -0.39 is 35.4 Å². The highest BCUT2D eigenvalue weighted by molar-refractivity contribution is 5.85. The number of aromatic amines is 1. The lowest BCUT2D eigenvalue weighted by molar-refractivity contribution is -0.143. The molecule has 4 rings (SSSR count). The van der Waals surface area contributed by atoms with Crippen LogP contribution in [0.5, 0.6) is 0 Å². The fourth-order valence-electron chi connectivity index (χ4n) is 5.52. The Morgan fingerprint density at radius 1 is 0.951 bits per heavy atom. The van der Waals surface area contributed by atoms with Gasteiger partial charge in [0.1, 0.15) is 0 Å². The first-order valence-electron chi connectivity index (χ1n) is 13.5. The van der Waals surface area contributed by atoms with Gasteiger partial charge in [-0.25, -0.2) is 0 Å². The number of alkyl halides is 6. The molecule has 0 aliphatic carbocycles. The summed E-state index contributed by atoms with van der Waals surface area (Å²) >= 11 is 0. The van der Waals surface area contributed by atoms with Crippen molar-refractivity contribution in [2.75, 3.05) is 13.1 Å². The van der Waals surface area contributed by atoms with E-state index in [0.717, 1.165) is 17.4 Å². The smallest absolute Gasteiger partial charge is 0.334 e. The molecule has 2 aromatic carbocycles. The number of pyridine rings is 1. The van der Waals surface area contributed by atoms with Crippen molar-refractivity contribution in [2.24, 2.45) is 11.3 Å². The molecule has 2 N–H and O–H groups in total. The highest BCUT2D eigenvalue weighted by Gasteiger charge is 2.44. The van der Waals surface area contributed by atoms with Gasteiger partial charge in [0.15, 0.2) is 0 Å². The van der Waals surface area contributed by atoms with Gasteiger partial charge < -0.3 is 15.2 Å². The number of carbonyl (C=O) groups excluding carboxylic acids is 1. The predicted octanol–water partition coefficient (Wildman–Crippen LogP) is 6.82. The third-order valence-electron chi connectivity index (χ3n) is 7.69. The molecule has 11 heteroatoms. The first-order valence-corrected chi connectivity index (χ1v) is 13.5. The number of benzene rings is 2. The molecule has 1 aliphatic heterocycles. The van der Waals surface area contributed by atoms with Crippen molar-refractivity contribution in [3.8, 4) is 0 Å². The number of aryl methyl sites for hydroxylation is 1. The van der Waals surface area contributed by atoms with Crippen LogP contribution in [0.4, 0.5) is 26.3 Å². The summed E-state index contributed by atoms with van der Waals surface area (Å²) in [6.45, 7) is 6.32. The van der Waals surface area contributed by atoms with Crippen LogP contribution in [0.2, 0.25) is 0 Å². The molecule has 1 atom stereocenters. The molecule has 0 spiro atoms. The van der Waals surface area contributed by atoms with Crippen LogP contribution < -0.4 is 10.9 Å². The van der Waals surface area contributed by atoms with Crippen LogP contribution in [-0.4, -0.2) is 28.9 Å². The summed E-state index contributed by atoms with van der Waals surface area (Å²) in [4.78, 5) is 30.3. The molecule has 1 fully saturated rings. The minimum Gasteiger partial charge on any atom is -0.334 e. The summed E-state index contributed by atoms with van der Waals surface area (Å²) in [6.07, 6.45) is -8.22. The lowest BCUT2D eigenvalue weighted by Gasteiger charge is -2.35. The summed E-state index contributed by atoms with van der Waals surface area (Å²) in [6, 6.07) is 7.99. The zero-order chi connectivity index (χ0) is 30.2. The Morgan fingerprint density at radius 2 is 1.56 bits per heavy atom. The number of aromatic nitrogens is 1. The van der Waals surface area contributed by atoms with Gasteiger partial charge in [-0.15, -0.1) is 0 Å². The quantitative estimate of drug-likeness (QED) is 0.287. The topological polar surface area (TPSA) is 65.2 Å². The van der Waals surface area contributed by atoms with Gasteiger partial charge in [-0.05, 0) is 85.7 Å². The second-order valence-corrected chi connectivity index (χ2v) is 11.4. The molecule has 222 valence electrons. The Labute approximate surface area is 233 Å². The largest absolute Gasteiger partial charge is 0.416 e. The van der Waals surface area contributed by atoms with E-state index in [1.807, 2.05) is 26.8 Å². The van der Waals surface area contributed by atoms with Crippen molar-refractivity contribution >= 4 is 16.8 Å². The molecule has 1 aliphatic rings. The molecule has 5 nitrogen and oxygen atoms in total. The van der Waals surface area contributed by atoms with Crippen LogP contribution >= 0.6 is 0 Å². The van der Waals surface area contributed by atoms with Crippen molar-refractivity contribution in [2.45, 2.75) is 65.5 Å². The summed E-state index contributed by atoms with van der Waals surface area (Å²) in [5.74, 6) is -0.0278. The Kier molecular flexibility index (Phi) is 8.59. The Bertz CT molecular complexity index is 1440. The van der Waals surface area contributed by atoms with E-state index in [1.165, 1.54) is 11.0 Å². The number of rotatable bonds is 8. The number of halogens is 6. The molecule has 0 radical (unpaired) electrons. The van der Waals surface area contributed by atoms with Crippen molar-refractivity contribution in [3.63, 3.8) is 0 Å². The Hall–Kier alpha value is -3.34. The van der Waals surface area contributed by atoms with Crippen LogP contribution in [0.3, 0.4) is 0 Å². The third-order valence-corrected chi connectivity index (χ3v) is 7.69. The third kappa shape index (κ3) is 7.12. The maximum absolute atomic E-state index is 14.2. The van der Waals surface area contributed by atoms with Gasteiger partial charge in [-0.1, -0.05) is 19.9 Å². The average molecular weight is 582 g/mol. The molecule has 1 unspecified atom stereocenters. The van der Waals surface area contributed by atoms with Crippen LogP contribution in [0, 0.1) is 18.3 Å². The molecule has 2 heterocycles. The molecule has 0 saturated carbocycles. The summed E-state index contributed by atoms with van der Waals surface area (Å²) < 4.78 is 81.6. The first-order chi connectivity index (χ1) is 19.1. The van der Waals surface area contributed by atoms with Gasteiger partial charge in [-0.3, -0.25) is 9.59 Å². The lowest BCUT2D eigenvalue weighted by atomic mass is 9.79. The maximum Gasteiger partial charge on any atom is 0.416 e. The number of H-pyrrole nitrogens is 1. The standard InChI is InChI=1S/C30H33F6N3O2/c1-18(2)6-7-28(8-9-37-17-28)27(41)39(15-20-10-19(3)24-4-5-26(40)38-25(24)13-20)16-21-11-22(29(31,32)33)14-23(12-21)30(34,35)36/h4-5,10-14,18,37H,6-9,15-17H2,1-3H3,(H,38,40). The second-order valence-electron chi connectivity index (χ2n) is 11.4. The van der Waals surface area contributed by atoms with Gasteiger partial charge in [-0.2, -0.15) is 26.3 Å². The average Bonchev–Trinajstić information content (AvgIpc) is 3.35. The van der Waals surface area contributed by atoms with E-state index in [-0.39, 0.29) is 29.6 Å². The van der Waals surface area contributed by atoms with E-state index in [1.54, 1.807) is 12.1 Å². The van der Waals surface area contributed by atoms with E-state index in [0.29, 0.717) is 55.1 Å². The van der Waals surface area contributed by atoms with E-state index >= 15 is 0 Å². The summed E-state index contributed by atoms with van der Waals surface area (Å²) in [5, 5.41) is 4.00. The van der Waals surface area contributed by atoms with Gasteiger partial charge in [0.05, 0.1) is 16.5 Å². The van der Waals surface area contributed by atoms with Crippen molar-refractivity contribution in [1.82, 2.24) is 15.2 Å². The number of nitrogens with zero attached hydrogens (tertiary/aromatic N) is 1. The number of fused-ring (bicyclic) bond motifs is 1. The highest BCUT2D eigenvalue weighted by atomic mass is 19.4. The molecular weight excluding hydrogens is 548 g/mol. The number of carbonyl (C=O) groups is 1. The number of nitrogens with one attached hydrogen (secondary N) is 2. The fourth-order valence-corrected chi connectivity index (χ4v) is 5.52. The van der Waals surface area contributed by atoms with Crippen molar-refractivity contribution < 1.29 is 31.1 Å². The first kappa shape index (κ1) is 30.6. The van der Waals surface area contributed by atoms with Crippen LogP contribution in [0.1, 0.15) is 60.9 Å². The second kappa shape index (κ2) is 11.5. The van der Waals surface area contributed by atoms with Gasteiger partial charge >= 0.3 is 12.4 Å². The molecule has 0 bridgehead atoms. The minimum atomic E-state index is -5.00. The zero-order valence-electron chi connectivity index (χ0n) is 23.1. The number of amides is 1. The van der Waals surface area contributed by atoms with Gasteiger partial charge in [0, 0.05) is 36.6 Å². The van der Waals surface area contributed by atoms with E-state index in [9.17, 15) is 35.9 Å². The summed E-state index contributed by atoms with van der Waals surface area (Å²) in [7, 11) is 0. The molecule has 3 aromatic rings. The van der Waals surface area contributed by atoms with Crippen LogP contribution in [0.15, 0.2) is 47.3 Å². The highest BCUT2D eigenvalue weighted by Crippen LogP contribution is 2.39. The minimum absolute atomic E-state index is 0.0619. The molecule has 1 amide bonds. The van der Waals surface area contributed by atoms with Crippen molar-refractivity contribution in [1.29, 1.82) is 0 Å². The Morgan fingerprint density at radius 3 is 2.10 bits per heavy atom. The van der Waals surface area contributed by atoms with E-state index in [4.69, 9.17) is 0 Å². The number of hydrogen-bond acceptors (Lipinski definition) is 3. The van der Waals surface area contributed by atoms with Gasteiger partial charge in [0.25, 0.3) is 0 Å². The Balaban J connectivity index is 1.80. The normalized spacial score (nSPS) is 17.9. The predicted molar refractivity (Wildman–Crippen MR) is 144 cm³/mol. The summed E-state index contributed by atoms with van der Waals surface area (Å²) in [5.41, 5.74) is -2.35. The molecule has 1 saturated heterocycles. The monoisotopic (exact) mass is 581 g/mol. The van der Waals surface area contributed by atoms with Crippen LogP contribution in [-0.2, 0) is 30.2 Å². The lowest BCUT2D eigenvalue weighted by Crippen LogP contribution is -2.45. The maximum atomic E-state index is 14.2. The molecule has 1 aromatic heterocycles. The molecular formula is C30H33F6N3O2. The molecule has 41 heavy (non-hydrogen) atoms. The van der Waals surface area contributed by atoms with Gasteiger partial charge in [0.2, 0.25) is 11.5 Å². The zero-order valence-corrected chi connectivity index (χ0v) is 23.1. The van der Waals surface area contributed by atoms with Crippen molar-refractivity contribution in [3.05, 3.63) is 80.6 Å². The van der Waals surface area contributed by atoms with E-state index in [2.05, 4.69) is 10.3 Å². The SMILES string of the molecule is Cc1cc(CN(Cc2cc(C(F)(F)F)cc(C(F)(F)F)c2)C(=O)C2(CCC(C)C)CCNC2)cc2[nH]c(=O)ccc12. The number of hydrogen-bond donors (Lipinski definition) is 2. The van der Waals surface area contributed by atoms with Crippen LogP contribution in [0.25, 0.3) is 10.9 Å².